The standard InChI is InChI=1S/C42H67NO18/c1-9-10-11-12-13-14-15-16-17-18-19-20-21-22-34(51)43-41-39(57-30(7)49)37(55-28(5)47)36(32(59-41)23-52-25(2)44)61-42-40(58-31(8)50)38(56-29(6)48)35(54-27(4)46)33(60-42)24-53-26(3)45/h32-33,35-42H,9-24H2,1-8H3,(H,43,51)/t32-,33-,35-,36-,37+,38+,39+,40+,41?,42+/m1/s1/i2D,5D,7D. The maximum absolute atomic E-state index is 13.4. The first-order valence-electron chi connectivity index (χ1n) is 23.0. The topological polar surface area (TPSA) is 241 Å². The number of carbonyl (C=O) groups excluding carboxylic acids is 8. The van der Waals surface area contributed by atoms with Crippen molar-refractivity contribution >= 4 is 47.7 Å². The third kappa shape index (κ3) is 20.4. The van der Waals surface area contributed by atoms with Gasteiger partial charge in [-0.05, 0) is 6.42 Å². The molecule has 2 aliphatic rings. The minimum Gasteiger partial charge on any atom is -0.463 e. The Kier molecular flexibility index (Phi) is 22.1. The summed E-state index contributed by atoms with van der Waals surface area (Å²) in [5.41, 5.74) is 0. The number of hydrogen-bond donors (Lipinski definition) is 1. The molecule has 1 unspecified atom stereocenters. The second-order valence-electron chi connectivity index (χ2n) is 14.9. The third-order valence-corrected chi connectivity index (χ3v) is 9.63. The zero-order valence-corrected chi connectivity index (χ0v) is 36.1. The van der Waals surface area contributed by atoms with Crippen LogP contribution in [0.3, 0.4) is 0 Å². The molecule has 1 amide bonds. The van der Waals surface area contributed by atoms with Gasteiger partial charge in [0.25, 0.3) is 0 Å². The number of unbranched alkanes of at least 4 members (excludes halogenated alkanes) is 12. The molecule has 19 heteroatoms. The average molecular weight is 877 g/mol. The molecule has 61 heavy (non-hydrogen) atoms. The number of carbonyl (C=O) groups is 8. The minimum absolute atomic E-state index is 0.0110. The number of esters is 7. The summed E-state index contributed by atoms with van der Waals surface area (Å²) < 4.78 is 79.2. The Labute approximate surface area is 362 Å². The zero-order valence-electron chi connectivity index (χ0n) is 39.1. The lowest BCUT2D eigenvalue weighted by molar-refractivity contribution is -0.345. The Balaban J connectivity index is 2.48. The molecule has 0 aromatic carbocycles. The highest BCUT2D eigenvalue weighted by Gasteiger charge is 2.57. The first-order valence-corrected chi connectivity index (χ1v) is 20.9. The lowest BCUT2D eigenvalue weighted by Crippen LogP contribution is -2.68. The van der Waals surface area contributed by atoms with Crippen molar-refractivity contribution in [3.63, 3.8) is 0 Å². The molecule has 2 aliphatic heterocycles. The monoisotopic (exact) mass is 876 g/mol. The Morgan fingerprint density at radius 1 is 0.475 bits per heavy atom. The second kappa shape index (κ2) is 28.3. The highest BCUT2D eigenvalue weighted by molar-refractivity contribution is 5.76. The van der Waals surface area contributed by atoms with Gasteiger partial charge >= 0.3 is 41.8 Å². The molecule has 0 spiro atoms. The van der Waals surface area contributed by atoms with E-state index in [0.29, 0.717) is 6.42 Å². The number of rotatable bonds is 26. The van der Waals surface area contributed by atoms with Gasteiger partial charge in [-0.15, -0.1) is 0 Å². The maximum Gasteiger partial charge on any atom is 0.303 e. The summed E-state index contributed by atoms with van der Waals surface area (Å²) in [6.07, 6.45) is -3.15. The Bertz CT molecular complexity index is 1500. The number of amides is 1. The van der Waals surface area contributed by atoms with Gasteiger partial charge in [-0.1, -0.05) is 84.0 Å². The van der Waals surface area contributed by atoms with E-state index >= 15 is 0 Å². The van der Waals surface area contributed by atoms with Crippen LogP contribution in [-0.2, 0) is 85.7 Å². The van der Waals surface area contributed by atoms with Gasteiger partial charge in [0.15, 0.2) is 43.0 Å². The molecule has 0 radical (unpaired) electrons. The van der Waals surface area contributed by atoms with Crippen molar-refractivity contribution in [1.82, 2.24) is 5.32 Å². The molecule has 19 nitrogen and oxygen atoms in total. The summed E-state index contributed by atoms with van der Waals surface area (Å²) in [6, 6.07) is 0. The van der Waals surface area contributed by atoms with E-state index in [1.54, 1.807) is 0 Å². The molecule has 1 N–H and O–H groups in total. The van der Waals surface area contributed by atoms with Crippen LogP contribution in [0.1, 0.15) is 149 Å². The summed E-state index contributed by atoms with van der Waals surface area (Å²) in [6.45, 7) is 2.14. The lowest BCUT2D eigenvalue weighted by Gasteiger charge is -2.48. The molecular weight excluding hydrogens is 806 g/mol. The Morgan fingerprint density at radius 3 is 1.41 bits per heavy atom. The van der Waals surface area contributed by atoms with Crippen LogP contribution in [0.4, 0.5) is 0 Å². The van der Waals surface area contributed by atoms with Crippen LogP contribution in [0, 0.1) is 0 Å². The van der Waals surface area contributed by atoms with Crippen molar-refractivity contribution in [3.8, 4) is 0 Å². The molecule has 0 saturated carbocycles. The summed E-state index contributed by atoms with van der Waals surface area (Å²) in [4.78, 5) is 101. The highest BCUT2D eigenvalue weighted by Crippen LogP contribution is 2.35. The Morgan fingerprint density at radius 2 is 0.902 bits per heavy atom. The molecular formula is C42H67NO18. The molecule has 0 aromatic rings. The Hall–Kier alpha value is -4.36. The molecule has 0 aliphatic carbocycles. The van der Waals surface area contributed by atoms with Gasteiger partial charge in [0.2, 0.25) is 5.91 Å². The quantitative estimate of drug-likeness (QED) is 0.0727. The third-order valence-electron chi connectivity index (χ3n) is 9.63. The molecule has 0 aromatic heterocycles. The average Bonchev–Trinajstić information content (AvgIpc) is 3.24. The summed E-state index contributed by atoms with van der Waals surface area (Å²) in [7, 11) is 0. The van der Waals surface area contributed by atoms with Crippen molar-refractivity contribution in [2.75, 3.05) is 13.2 Å². The largest absolute Gasteiger partial charge is 0.463 e. The predicted octanol–water partition coefficient (Wildman–Crippen LogP) is 4.20. The molecule has 2 saturated heterocycles. The molecule has 0 bridgehead atoms. The smallest absolute Gasteiger partial charge is 0.303 e. The number of hydrogen-bond acceptors (Lipinski definition) is 18. The first kappa shape index (κ1) is 47.7. The van der Waals surface area contributed by atoms with Gasteiger partial charge < -0.3 is 52.7 Å². The fraction of sp³-hybridized carbons (Fsp3) is 0.810. The van der Waals surface area contributed by atoms with Crippen LogP contribution in [0.5, 0.6) is 0 Å². The SMILES string of the molecule is [2H]CC(=O)OC[C@H]1OC(NC(=O)CCCCCCCCCCCCCCC)[C@@H](OC(=O)C[2H])[C@@H](OC(=O)C[2H])[C@@H]1O[C@@H]1O[C@H](COC(C)=O)[C@@H](OC(C)=O)[C@H](OC(C)=O)[C@@H]1OC(C)=O. The number of ether oxygens (including phenoxy) is 10. The van der Waals surface area contributed by atoms with E-state index in [0.717, 1.165) is 59.8 Å². The molecule has 2 rings (SSSR count). The molecule has 10 atom stereocenters. The van der Waals surface area contributed by atoms with E-state index in [-0.39, 0.29) is 6.42 Å². The molecule has 2 heterocycles. The van der Waals surface area contributed by atoms with E-state index < -0.39 is 143 Å². The van der Waals surface area contributed by atoms with Crippen LogP contribution in [0.15, 0.2) is 0 Å². The van der Waals surface area contributed by atoms with Crippen LogP contribution in [-0.4, -0.2) is 122 Å². The summed E-state index contributed by atoms with van der Waals surface area (Å²) in [5, 5.41) is 2.61. The van der Waals surface area contributed by atoms with E-state index in [9.17, 15) is 38.4 Å². The summed E-state index contributed by atoms with van der Waals surface area (Å²) in [5.74, 6) is -7.60. The van der Waals surface area contributed by atoms with Crippen molar-refractivity contribution in [1.29, 1.82) is 0 Å². The van der Waals surface area contributed by atoms with E-state index in [1.807, 2.05) is 0 Å². The van der Waals surface area contributed by atoms with E-state index in [4.69, 9.17) is 51.5 Å². The fourth-order valence-electron chi connectivity index (χ4n) is 7.06. The van der Waals surface area contributed by atoms with Crippen molar-refractivity contribution in [2.24, 2.45) is 0 Å². The lowest BCUT2D eigenvalue weighted by atomic mass is 9.95. The van der Waals surface area contributed by atoms with Crippen molar-refractivity contribution < 1.29 is 89.8 Å². The van der Waals surface area contributed by atoms with E-state index in [1.165, 1.54) is 44.9 Å². The second-order valence-corrected chi connectivity index (χ2v) is 14.9. The van der Waals surface area contributed by atoms with Crippen LogP contribution < -0.4 is 5.32 Å². The van der Waals surface area contributed by atoms with E-state index in [2.05, 4.69) is 12.2 Å². The summed E-state index contributed by atoms with van der Waals surface area (Å²) >= 11 is 0. The minimum atomic E-state index is -1.94. The van der Waals surface area contributed by atoms with Crippen LogP contribution in [0.25, 0.3) is 0 Å². The van der Waals surface area contributed by atoms with Gasteiger partial charge in [0.05, 0.1) is 0 Å². The number of nitrogens with one attached hydrogen (secondary N) is 1. The van der Waals surface area contributed by atoms with Gasteiger partial charge in [-0.3, -0.25) is 38.4 Å². The van der Waals surface area contributed by atoms with Gasteiger partial charge in [-0.25, -0.2) is 0 Å². The zero-order chi connectivity index (χ0) is 47.6. The molecule has 348 valence electrons. The molecule has 2 fully saturated rings. The van der Waals surface area contributed by atoms with Crippen LogP contribution >= 0.6 is 0 Å². The van der Waals surface area contributed by atoms with Gasteiger partial charge in [0, 0.05) is 58.9 Å². The van der Waals surface area contributed by atoms with Crippen molar-refractivity contribution in [2.45, 2.75) is 207 Å². The fourth-order valence-corrected chi connectivity index (χ4v) is 7.06. The first-order chi connectivity index (χ1) is 30.5. The van der Waals surface area contributed by atoms with Gasteiger partial charge in [-0.2, -0.15) is 0 Å². The predicted molar refractivity (Wildman–Crippen MR) is 212 cm³/mol. The van der Waals surface area contributed by atoms with Crippen molar-refractivity contribution in [3.05, 3.63) is 0 Å². The maximum atomic E-state index is 13.4. The van der Waals surface area contributed by atoms with Gasteiger partial charge in [0.1, 0.15) is 31.5 Å². The highest BCUT2D eigenvalue weighted by atomic mass is 16.8. The normalized spacial score (nSPS) is 26.5. The van der Waals surface area contributed by atoms with Crippen LogP contribution in [0.2, 0.25) is 0 Å².